The molecule has 5 rings (SSSR count). The minimum Gasteiger partial charge on any atom is -0.339 e. The highest BCUT2D eigenvalue weighted by atomic mass is 35.5. The number of carbonyl (C=O) groups excluding carboxylic acids is 2. The van der Waals surface area contributed by atoms with E-state index in [2.05, 4.69) is 14.5 Å². The third-order valence-electron chi connectivity index (χ3n) is 6.68. The van der Waals surface area contributed by atoms with Crippen LogP contribution in [-0.4, -0.2) is 68.0 Å². The van der Waals surface area contributed by atoms with E-state index >= 15 is 0 Å². The molecule has 10 heteroatoms. The lowest BCUT2D eigenvalue weighted by Gasteiger charge is -2.32. The van der Waals surface area contributed by atoms with Gasteiger partial charge in [-0.15, -0.1) is 12.4 Å². The molecule has 4 heterocycles. The van der Waals surface area contributed by atoms with E-state index in [9.17, 15) is 9.59 Å². The first-order chi connectivity index (χ1) is 16.3. The highest BCUT2D eigenvalue weighted by Crippen LogP contribution is 2.31. The van der Waals surface area contributed by atoms with Crippen molar-refractivity contribution >= 4 is 57.9 Å². The molecular formula is C25H28Cl2N6O2. The van der Waals surface area contributed by atoms with E-state index in [1.54, 1.807) is 44.8 Å². The van der Waals surface area contributed by atoms with Crippen LogP contribution in [-0.2, 0) is 6.54 Å². The monoisotopic (exact) mass is 514 g/mol. The second-order valence-corrected chi connectivity index (χ2v) is 9.50. The van der Waals surface area contributed by atoms with Crippen molar-refractivity contribution in [1.82, 2.24) is 28.9 Å². The van der Waals surface area contributed by atoms with Gasteiger partial charge in [0.15, 0.2) is 0 Å². The molecule has 3 aromatic heterocycles. The number of amides is 2. The minimum absolute atomic E-state index is 0. The van der Waals surface area contributed by atoms with Crippen LogP contribution < -0.4 is 0 Å². The second kappa shape index (κ2) is 9.87. The van der Waals surface area contributed by atoms with Crippen LogP contribution in [0.15, 0.2) is 42.9 Å². The Kier molecular flexibility index (Phi) is 7.05. The number of pyridine rings is 1. The van der Waals surface area contributed by atoms with Crippen LogP contribution >= 0.6 is 24.0 Å². The average molecular weight is 515 g/mol. The van der Waals surface area contributed by atoms with Crippen molar-refractivity contribution < 1.29 is 9.59 Å². The highest BCUT2D eigenvalue weighted by Gasteiger charge is 2.28. The predicted octanol–water partition coefficient (Wildman–Crippen LogP) is 4.85. The van der Waals surface area contributed by atoms with Gasteiger partial charge in [0, 0.05) is 51.5 Å². The zero-order valence-electron chi connectivity index (χ0n) is 19.9. The number of halogens is 2. The number of hydrogen-bond acceptors (Lipinski definition) is 4. The molecule has 0 bridgehead atoms. The van der Waals surface area contributed by atoms with Crippen molar-refractivity contribution in [2.45, 2.75) is 26.3 Å². The van der Waals surface area contributed by atoms with Gasteiger partial charge in [-0.05, 0) is 43.9 Å². The number of likely N-dealkylation sites (tertiary alicyclic amines) is 1. The van der Waals surface area contributed by atoms with Crippen molar-refractivity contribution in [2.75, 3.05) is 27.2 Å². The Hall–Kier alpha value is -3.10. The van der Waals surface area contributed by atoms with E-state index in [0.29, 0.717) is 40.5 Å². The Labute approximate surface area is 214 Å². The van der Waals surface area contributed by atoms with Crippen LogP contribution in [0.3, 0.4) is 0 Å². The van der Waals surface area contributed by atoms with Gasteiger partial charge in [0.25, 0.3) is 5.91 Å². The van der Waals surface area contributed by atoms with E-state index < -0.39 is 0 Å². The summed E-state index contributed by atoms with van der Waals surface area (Å²) in [6.07, 6.45) is 7.02. The molecule has 8 nitrogen and oxygen atoms in total. The van der Waals surface area contributed by atoms with Crippen molar-refractivity contribution in [1.29, 1.82) is 0 Å². The molecule has 35 heavy (non-hydrogen) atoms. The van der Waals surface area contributed by atoms with E-state index in [4.69, 9.17) is 11.6 Å². The number of carbonyl (C=O) groups is 2. The third kappa shape index (κ3) is 4.48. The fraction of sp³-hybridized carbons (Fsp3) is 0.360. The molecule has 0 unspecified atom stereocenters. The first-order valence-corrected chi connectivity index (χ1v) is 11.8. The van der Waals surface area contributed by atoms with Gasteiger partial charge in [0.2, 0.25) is 0 Å². The number of aryl methyl sites for hydroxylation is 1. The predicted molar refractivity (Wildman–Crippen MR) is 140 cm³/mol. The van der Waals surface area contributed by atoms with Gasteiger partial charge in [0.1, 0.15) is 11.3 Å². The first-order valence-electron chi connectivity index (χ1n) is 11.4. The second-order valence-electron chi connectivity index (χ2n) is 9.09. The Morgan fingerprint density at radius 1 is 1.14 bits per heavy atom. The van der Waals surface area contributed by atoms with Gasteiger partial charge in [-0.2, -0.15) is 0 Å². The number of benzene rings is 1. The topological polar surface area (TPSA) is 76.3 Å². The molecule has 184 valence electrons. The zero-order chi connectivity index (χ0) is 24.0. The van der Waals surface area contributed by atoms with Crippen molar-refractivity contribution in [3.05, 3.63) is 59.3 Å². The largest absolute Gasteiger partial charge is 0.339 e. The van der Waals surface area contributed by atoms with Gasteiger partial charge in [0.05, 0.1) is 27.8 Å². The molecular weight excluding hydrogens is 487 g/mol. The molecule has 1 aliphatic rings. The van der Waals surface area contributed by atoms with Gasteiger partial charge < -0.3 is 14.4 Å². The fourth-order valence-corrected chi connectivity index (χ4v) is 5.13. The van der Waals surface area contributed by atoms with Gasteiger partial charge >= 0.3 is 6.03 Å². The normalized spacial score (nSPS) is 14.3. The Morgan fingerprint density at radius 3 is 2.60 bits per heavy atom. The molecule has 2 amide bonds. The van der Waals surface area contributed by atoms with E-state index in [-0.39, 0.29) is 24.3 Å². The molecule has 0 atom stereocenters. The highest BCUT2D eigenvalue weighted by molar-refractivity contribution is 6.37. The maximum Gasteiger partial charge on any atom is 0.328 e. The maximum atomic E-state index is 13.5. The van der Waals surface area contributed by atoms with Crippen LogP contribution in [0.1, 0.15) is 29.0 Å². The maximum absolute atomic E-state index is 13.5. The Balaban J connectivity index is 0.00000289. The van der Waals surface area contributed by atoms with Crippen LogP contribution in [0, 0.1) is 12.8 Å². The summed E-state index contributed by atoms with van der Waals surface area (Å²) in [5, 5.41) is 1.10. The van der Waals surface area contributed by atoms with Crippen molar-refractivity contribution in [3.63, 3.8) is 0 Å². The number of aromatic nitrogens is 4. The van der Waals surface area contributed by atoms with Crippen LogP contribution in [0.4, 0.5) is 4.79 Å². The average Bonchev–Trinajstić information content (AvgIpc) is 3.37. The summed E-state index contributed by atoms with van der Waals surface area (Å²) in [7, 11) is 3.37. The quantitative estimate of drug-likeness (QED) is 0.391. The van der Waals surface area contributed by atoms with E-state index in [1.165, 1.54) is 9.47 Å². The summed E-state index contributed by atoms with van der Waals surface area (Å²) in [5.41, 5.74) is 3.12. The van der Waals surface area contributed by atoms with Crippen molar-refractivity contribution in [2.24, 2.45) is 5.92 Å². The molecule has 1 aliphatic heterocycles. The molecule has 0 spiro atoms. The molecule has 0 N–H and O–H groups in total. The molecule has 4 aromatic rings. The summed E-state index contributed by atoms with van der Waals surface area (Å²) in [4.78, 5) is 38.4. The molecule has 1 aromatic carbocycles. The summed E-state index contributed by atoms with van der Waals surface area (Å²) < 4.78 is 3.75. The molecule has 1 saturated heterocycles. The Bertz CT molecular complexity index is 1400. The summed E-state index contributed by atoms with van der Waals surface area (Å²) >= 11 is 6.49. The molecule has 0 radical (unpaired) electrons. The zero-order valence-corrected chi connectivity index (χ0v) is 21.5. The molecule has 1 fully saturated rings. The third-order valence-corrected chi connectivity index (χ3v) is 7.00. The first kappa shape index (κ1) is 25.0. The van der Waals surface area contributed by atoms with Crippen molar-refractivity contribution in [3.8, 4) is 0 Å². The van der Waals surface area contributed by atoms with Crippen LogP contribution in [0.25, 0.3) is 21.9 Å². The lowest BCUT2D eigenvalue weighted by Crippen LogP contribution is -2.39. The fourth-order valence-electron chi connectivity index (χ4n) is 4.86. The number of hydrogen-bond donors (Lipinski definition) is 0. The number of piperidine rings is 1. The molecule has 0 saturated carbocycles. The summed E-state index contributed by atoms with van der Waals surface area (Å²) in [6, 6.07) is 7.15. The van der Waals surface area contributed by atoms with E-state index in [1.807, 2.05) is 24.0 Å². The number of imidazole rings is 1. The summed E-state index contributed by atoms with van der Waals surface area (Å²) in [5.74, 6) is 1.35. The number of fused-ring (bicyclic) bond motifs is 2. The van der Waals surface area contributed by atoms with Crippen LogP contribution in [0.2, 0.25) is 5.02 Å². The smallest absolute Gasteiger partial charge is 0.328 e. The van der Waals surface area contributed by atoms with Gasteiger partial charge in [-0.3, -0.25) is 14.3 Å². The van der Waals surface area contributed by atoms with E-state index in [0.717, 1.165) is 36.2 Å². The SMILES string of the molecule is Cc1nc2cnccc2n1CC1CCN(C(=O)c2cn(C(=O)N(C)C)c3cccc(Cl)c23)CC1.Cl. The standard InChI is InChI=1S/C25H27ClN6O2.ClH/c1-16-28-20-13-27-10-7-21(20)31(16)14-17-8-11-30(12-9-17)24(33)18-15-32(25(34)29(2)3)22-6-4-5-19(26)23(18)22;/h4-7,10,13,15,17H,8-9,11-12,14H2,1-3H3;1H. The minimum atomic E-state index is -0.219. The molecule has 0 aliphatic carbocycles. The van der Waals surface area contributed by atoms with Gasteiger partial charge in [-0.1, -0.05) is 17.7 Å². The summed E-state index contributed by atoms with van der Waals surface area (Å²) in [6.45, 7) is 4.22. The number of rotatable bonds is 3. The lowest BCUT2D eigenvalue weighted by molar-refractivity contribution is 0.0685. The number of nitrogens with zero attached hydrogens (tertiary/aromatic N) is 6. The Morgan fingerprint density at radius 2 is 1.89 bits per heavy atom. The van der Waals surface area contributed by atoms with Gasteiger partial charge in [-0.25, -0.2) is 9.78 Å². The lowest BCUT2D eigenvalue weighted by atomic mass is 9.96. The van der Waals surface area contributed by atoms with Crippen LogP contribution in [0.5, 0.6) is 0 Å².